The molecule has 152 valence electrons. The second-order valence-electron chi connectivity index (χ2n) is 8.16. The van der Waals surface area contributed by atoms with E-state index in [1.807, 2.05) is 45.5 Å². The van der Waals surface area contributed by atoms with Crippen molar-refractivity contribution in [1.29, 1.82) is 10.5 Å². The number of hydrogen-bond acceptors (Lipinski definition) is 3. The van der Waals surface area contributed by atoms with E-state index in [9.17, 15) is 15.3 Å². The van der Waals surface area contributed by atoms with Crippen LogP contribution in [0.1, 0.15) is 73.2 Å². The fourth-order valence-corrected chi connectivity index (χ4v) is 3.99. The molecular formula is C25H26N4O. The van der Waals surface area contributed by atoms with E-state index >= 15 is 0 Å². The molecule has 0 N–H and O–H groups in total. The van der Waals surface area contributed by atoms with Gasteiger partial charge in [-0.15, -0.1) is 0 Å². The summed E-state index contributed by atoms with van der Waals surface area (Å²) in [5, 5.41) is 18.4. The average Bonchev–Trinajstić information content (AvgIpc) is 3.00. The minimum absolute atomic E-state index is 0.0629. The molecule has 2 aromatic carbocycles. The van der Waals surface area contributed by atoms with Crippen LogP contribution in [-0.2, 0) is 13.1 Å². The van der Waals surface area contributed by atoms with Crippen LogP contribution in [0.3, 0.4) is 0 Å². The van der Waals surface area contributed by atoms with Gasteiger partial charge >= 0.3 is 5.69 Å². The van der Waals surface area contributed by atoms with Crippen molar-refractivity contribution in [1.82, 2.24) is 9.13 Å². The van der Waals surface area contributed by atoms with Crippen LogP contribution in [0.15, 0.2) is 53.3 Å². The highest BCUT2D eigenvalue weighted by Gasteiger charge is 2.24. The first kappa shape index (κ1) is 21.1. The molecule has 0 saturated heterocycles. The molecule has 0 atom stereocenters. The second kappa shape index (κ2) is 8.84. The first-order chi connectivity index (χ1) is 14.3. The minimum Gasteiger partial charge on any atom is -0.291 e. The van der Waals surface area contributed by atoms with Gasteiger partial charge in [0.1, 0.15) is 0 Å². The van der Waals surface area contributed by atoms with Gasteiger partial charge in [0.15, 0.2) is 0 Å². The first-order valence-corrected chi connectivity index (χ1v) is 10.2. The fourth-order valence-electron chi connectivity index (χ4n) is 3.99. The lowest BCUT2D eigenvalue weighted by atomic mass is 10.00. The predicted molar refractivity (Wildman–Crippen MR) is 117 cm³/mol. The number of nitriles is 2. The van der Waals surface area contributed by atoms with Crippen LogP contribution in [0.2, 0.25) is 0 Å². The summed E-state index contributed by atoms with van der Waals surface area (Å²) in [6.45, 7) is 9.25. The Hall–Kier alpha value is -3.57. The Labute approximate surface area is 177 Å². The van der Waals surface area contributed by atoms with Crippen molar-refractivity contribution < 1.29 is 0 Å². The summed E-state index contributed by atoms with van der Waals surface area (Å²) >= 11 is 0. The third-order valence-corrected chi connectivity index (χ3v) is 5.19. The third kappa shape index (κ3) is 4.21. The lowest BCUT2D eigenvalue weighted by molar-refractivity contribution is 0.646. The lowest BCUT2D eigenvalue weighted by Crippen LogP contribution is -2.26. The minimum atomic E-state index is -0.0629. The number of hydrogen-bond donors (Lipinski definition) is 0. The molecule has 0 aliphatic heterocycles. The van der Waals surface area contributed by atoms with E-state index in [0.717, 1.165) is 22.5 Å². The Bertz CT molecular complexity index is 1110. The number of rotatable bonds is 6. The summed E-state index contributed by atoms with van der Waals surface area (Å²) in [6, 6.07) is 19.1. The molecule has 0 amide bonds. The molecule has 0 spiro atoms. The van der Waals surface area contributed by atoms with E-state index in [0.29, 0.717) is 24.2 Å². The largest absolute Gasteiger partial charge is 0.329 e. The van der Waals surface area contributed by atoms with Crippen LogP contribution in [0.25, 0.3) is 0 Å². The van der Waals surface area contributed by atoms with Crippen molar-refractivity contribution in [2.75, 3.05) is 0 Å². The van der Waals surface area contributed by atoms with Gasteiger partial charge in [-0.1, -0.05) is 52.0 Å². The van der Waals surface area contributed by atoms with E-state index in [4.69, 9.17) is 0 Å². The number of benzene rings is 2. The van der Waals surface area contributed by atoms with Gasteiger partial charge < -0.3 is 0 Å². The smallest absolute Gasteiger partial charge is 0.291 e. The Kier molecular flexibility index (Phi) is 6.23. The highest BCUT2D eigenvalue weighted by atomic mass is 16.1. The van der Waals surface area contributed by atoms with E-state index < -0.39 is 0 Å². The molecule has 0 saturated carbocycles. The molecule has 0 unspecified atom stereocenters. The SMILES string of the molecule is CC(C)c1c(C(C)C)n(Cc2cccc(C#N)c2)c(=O)n1Cc1cccc(C#N)c1. The number of imidazole rings is 1. The van der Waals surface area contributed by atoms with Gasteiger partial charge in [0, 0.05) is 11.4 Å². The van der Waals surface area contributed by atoms with Gasteiger partial charge in [0.05, 0.1) is 36.4 Å². The standard InChI is InChI=1S/C25H26N4O/c1-17(2)23-24(18(3)4)29(16-22-10-6-8-20(12-22)14-27)25(30)28(23)15-21-9-5-7-19(11-21)13-26/h5-12,17-18H,15-16H2,1-4H3. The highest BCUT2D eigenvalue weighted by molar-refractivity contribution is 5.35. The molecule has 0 bridgehead atoms. The fraction of sp³-hybridized carbons (Fsp3) is 0.320. The maximum absolute atomic E-state index is 13.5. The van der Waals surface area contributed by atoms with Crippen LogP contribution >= 0.6 is 0 Å². The van der Waals surface area contributed by atoms with Gasteiger partial charge in [-0.25, -0.2) is 4.79 Å². The molecule has 3 rings (SSSR count). The molecule has 5 heteroatoms. The monoisotopic (exact) mass is 398 g/mol. The number of nitrogens with zero attached hydrogens (tertiary/aromatic N) is 4. The zero-order chi connectivity index (χ0) is 21.8. The summed E-state index contributed by atoms with van der Waals surface area (Å²) in [7, 11) is 0. The molecule has 1 aromatic heterocycles. The van der Waals surface area contributed by atoms with Crippen molar-refractivity contribution in [3.05, 3.63) is 92.7 Å². The molecule has 1 heterocycles. The van der Waals surface area contributed by atoms with Crippen molar-refractivity contribution in [3.63, 3.8) is 0 Å². The van der Waals surface area contributed by atoms with E-state index in [1.165, 1.54) is 0 Å². The molecule has 30 heavy (non-hydrogen) atoms. The van der Waals surface area contributed by atoms with Gasteiger partial charge in [-0.2, -0.15) is 10.5 Å². The van der Waals surface area contributed by atoms with Gasteiger partial charge in [-0.05, 0) is 47.2 Å². The quantitative estimate of drug-likeness (QED) is 0.602. The van der Waals surface area contributed by atoms with Crippen molar-refractivity contribution in [3.8, 4) is 12.1 Å². The summed E-state index contributed by atoms with van der Waals surface area (Å²) in [5.74, 6) is 0.335. The highest BCUT2D eigenvalue weighted by Crippen LogP contribution is 2.27. The zero-order valence-corrected chi connectivity index (χ0v) is 17.9. The summed E-state index contributed by atoms with van der Waals surface area (Å²) in [4.78, 5) is 13.5. The topological polar surface area (TPSA) is 74.5 Å². The zero-order valence-electron chi connectivity index (χ0n) is 17.9. The van der Waals surface area contributed by atoms with Crippen LogP contribution < -0.4 is 5.69 Å². The average molecular weight is 399 g/mol. The van der Waals surface area contributed by atoms with Crippen molar-refractivity contribution in [2.24, 2.45) is 0 Å². The van der Waals surface area contributed by atoms with Gasteiger partial charge in [0.2, 0.25) is 0 Å². The van der Waals surface area contributed by atoms with Crippen molar-refractivity contribution >= 4 is 0 Å². The third-order valence-electron chi connectivity index (χ3n) is 5.19. The second-order valence-corrected chi connectivity index (χ2v) is 8.16. The molecule has 3 aromatic rings. The van der Waals surface area contributed by atoms with Gasteiger partial charge in [-0.3, -0.25) is 9.13 Å². The first-order valence-electron chi connectivity index (χ1n) is 10.2. The molecule has 0 aliphatic carbocycles. The van der Waals surface area contributed by atoms with E-state index in [-0.39, 0.29) is 17.5 Å². The Morgan fingerprint density at radius 1 is 0.767 bits per heavy atom. The Morgan fingerprint density at radius 3 is 1.50 bits per heavy atom. The molecule has 5 nitrogen and oxygen atoms in total. The molecule has 0 radical (unpaired) electrons. The van der Waals surface area contributed by atoms with Crippen LogP contribution in [0, 0.1) is 22.7 Å². The summed E-state index contributed by atoms with van der Waals surface area (Å²) < 4.78 is 3.68. The Morgan fingerprint density at radius 2 is 1.17 bits per heavy atom. The summed E-state index contributed by atoms with van der Waals surface area (Å²) in [5.41, 5.74) is 5.01. The maximum atomic E-state index is 13.5. The van der Waals surface area contributed by atoms with E-state index in [1.54, 1.807) is 12.1 Å². The lowest BCUT2D eigenvalue weighted by Gasteiger charge is -2.16. The van der Waals surface area contributed by atoms with Crippen molar-refractivity contribution in [2.45, 2.75) is 52.6 Å². The van der Waals surface area contributed by atoms with Gasteiger partial charge in [0.25, 0.3) is 0 Å². The predicted octanol–water partition coefficient (Wildman–Crippen LogP) is 4.74. The van der Waals surface area contributed by atoms with Crippen LogP contribution in [-0.4, -0.2) is 9.13 Å². The molecule has 0 aliphatic rings. The molecule has 0 fully saturated rings. The van der Waals surface area contributed by atoms with E-state index in [2.05, 4.69) is 39.8 Å². The summed E-state index contributed by atoms with van der Waals surface area (Å²) in [6.07, 6.45) is 0. The Balaban J connectivity index is 2.15. The maximum Gasteiger partial charge on any atom is 0.329 e. The normalized spacial score (nSPS) is 10.9. The molecular weight excluding hydrogens is 372 g/mol. The van der Waals surface area contributed by atoms with Crippen LogP contribution in [0.5, 0.6) is 0 Å². The number of aromatic nitrogens is 2. The van der Waals surface area contributed by atoms with Crippen LogP contribution in [0.4, 0.5) is 0 Å².